The predicted octanol–water partition coefficient (Wildman–Crippen LogP) is 20.2. The first-order valence-electron chi connectivity index (χ1n) is 31.8. The highest BCUT2D eigenvalue weighted by Crippen LogP contribution is 2.43. The Kier molecular flexibility index (Phi) is 58.5. The zero-order valence-corrected chi connectivity index (χ0v) is 49.3. The number of hydrogen-bond acceptors (Lipinski definition) is 8. The summed E-state index contributed by atoms with van der Waals surface area (Å²) in [5.74, 6) is -0.808. The summed E-state index contributed by atoms with van der Waals surface area (Å²) < 4.78 is 33.1. The Balaban J connectivity index is 3.88. The molecule has 432 valence electrons. The summed E-state index contributed by atoms with van der Waals surface area (Å²) in [5.41, 5.74) is 5.39. The third-order valence-corrected chi connectivity index (χ3v) is 15.3. The summed E-state index contributed by atoms with van der Waals surface area (Å²) in [4.78, 5) is 35.3. The molecule has 0 aliphatic heterocycles. The fourth-order valence-corrected chi connectivity index (χ4v) is 10.4. The zero-order chi connectivity index (χ0) is 53.1. The van der Waals surface area contributed by atoms with E-state index in [1.165, 1.54) is 257 Å². The molecule has 2 unspecified atom stereocenters. The smallest absolute Gasteiger partial charge is 0.462 e. The molecule has 10 heteroatoms. The Hall–Kier alpha value is -1.51. The molecule has 0 heterocycles. The number of hydrogen-bond donors (Lipinski definition) is 2. The standard InChI is InChI=1S/C63H122NO8P/c1-3-5-7-9-11-13-15-17-19-21-23-25-27-29-30-32-33-35-37-39-41-43-45-47-49-51-53-55-62(65)69-59-61(60-71-73(67,68)70-58-57-64)72-63(66)56-54-52-50-48-46-44-42-40-38-36-34-31-28-26-24-22-20-18-16-14-12-10-8-6-4-2/h16,18,22,24,61H,3-15,17,19-21,23,25-60,64H2,1-2H3,(H,67,68)/b18-16-,24-22-. The number of nitrogens with two attached hydrogens (primary N) is 1. The molecule has 0 spiro atoms. The van der Waals surface area contributed by atoms with Gasteiger partial charge in [0.15, 0.2) is 6.10 Å². The molecule has 0 aliphatic rings. The van der Waals surface area contributed by atoms with Crippen molar-refractivity contribution in [3.05, 3.63) is 24.3 Å². The maximum Gasteiger partial charge on any atom is 0.472 e. The molecule has 9 nitrogen and oxygen atoms in total. The molecule has 0 rings (SSSR count). The van der Waals surface area contributed by atoms with Crippen LogP contribution in [0.25, 0.3) is 0 Å². The lowest BCUT2D eigenvalue weighted by Gasteiger charge is -2.19. The van der Waals surface area contributed by atoms with Gasteiger partial charge in [-0.1, -0.05) is 301 Å². The van der Waals surface area contributed by atoms with Crippen LogP contribution in [-0.2, 0) is 32.7 Å². The van der Waals surface area contributed by atoms with Gasteiger partial charge < -0.3 is 20.1 Å². The van der Waals surface area contributed by atoms with Crippen molar-refractivity contribution in [2.45, 2.75) is 341 Å². The van der Waals surface area contributed by atoms with Crippen LogP contribution in [0.1, 0.15) is 335 Å². The first-order valence-corrected chi connectivity index (χ1v) is 33.3. The molecule has 0 radical (unpaired) electrons. The Labute approximate surface area is 452 Å². The Morgan fingerprint density at radius 1 is 0.411 bits per heavy atom. The normalized spacial score (nSPS) is 13.1. The molecule has 73 heavy (non-hydrogen) atoms. The summed E-state index contributed by atoms with van der Waals surface area (Å²) in [6.07, 6.45) is 71.1. The fraction of sp³-hybridized carbons (Fsp3) is 0.905. The lowest BCUT2D eigenvalue weighted by molar-refractivity contribution is -0.161. The van der Waals surface area contributed by atoms with Crippen LogP contribution >= 0.6 is 7.82 Å². The summed E-state index contributed by atoms with van der Waals surface area (Å²) >= 11 is 0. The van der Waals surface area contributed by atoms with Gasteiger partial charge in [0, 0.05) is 19.4 Å². The van der Waals surface area contributed by atoms with E-state index >= 15 is 0 Å². The highest BCUT2D eigenvalue weighted by Gasteiger charge is 2.26. The van der Waals surface area contributed by atoms with E-state index in [9.17, 15) is 19.0 Å². The Morgan fingerprint density at radius 2 is 0.712 bits per heavy atom. The number of phosphoric acid groups is 1. The molecular formula is C63H122NO8P. The lowest BCUT2D eigenvalue weighted by Crippen LogP contribution is -2.29. The SMILES string of the molecule is CCCCCCC/C=C\C/C=C\CCCCCCCCCCCCCCCC(=O)OC(COC(=O)CCCCCCCCCCCCCCCCCCCCCCCCCCCCC)COP(=O)(O)OCCN. The minimum absolute atomic E-state index is 0.0560. The summed E-state index contributed by atoms with van der Waals surface area (Å²) in [6.45, 7) is 3.80. The van der Waals surface area contributed by atoms with Crippen molar-refractivity contribution in [3.63, 3.8) is 0 Å². The van der Waals surface area contributed by atoms with Crippen molar-refractivity contribution in [2.24, 2.45) is 5.73 Å². The molecular weight excluding hydrogens is 930 g/mol. The molecule has 0 aromatic carbocycles. The number of phosphoric ester groups is 1. The number of carbonyl (C=O) groups excluding carboxylic acids is 2. The van der Waals surface area contributed by atoms with Gasteiger partial charge in [0.2, 0.25) is 0 Å². The number of ether oxygens (including phenoxy) is 2. The number of rotatable bonds is 61. The molecule has 0 aromatic rings. The van der Waals surface area contributed by atoms with Crippen molar-refractivity contribution in [1.82, 2.24) is 0 Å². The summed E-state index contributed by atoms with van der Waals surface area (Å²) in [6, 6.07) is 0. The van der Waals surface area contributed by atoms with Crippen LogP contribution in [0.2, 0.25) is 0 Å². The number of allylic oxidation sites excluding steroid dienone is 4. The average Bonchev–Trinajstić information content (AvgIpc) is 3.38. The minimum Gasteiger partial charge on any atom is -0.462 e. The van der Waals surface area contributed by atoms with Gasteiger partial charge in [-0.25, -0.2) is 4.57 Å². The Bertz CT molecular complexity index is 1250. The molecule has 0 saturated heterocycles. The fourth-order valence-electron chi connectivity index (χ4n) is 9.61. The van der Waals surface area contributed by atoms with Gasteiger partial charge in [-0.3, -0.25) is 18.6 Å². The van der Waals surface area contributed by atoms with E-state index in [-0.39, 0.29) is 38.6 Å². The van der Waals surface area contributed by atoms with E-state index < -0.39 is 26.5 Å². The molecule has 0 fully saturated rings. The molecule has 0 amide bonds. The van der Waals surface area contributed by atoms with Gasteiger partial charge in [-0.15, -0.1) is 0 Å². The topological polar surface area (TPSA) is 134 Å². The Morgan fingerprint density at radius 3 is 1.04 bits per heavy atom. The number of unbranched alkanes of at least 4 members (excludes halogenated alkanes) is 44. The molecule has 0 bridgehead atoms. The largest absolute Gasteiger partial charge is 0.472 e. The van der Waals surface area contributed by atoms with E-state index in [1.54, 1.807) is 0 Å². The van der Waals surface area contributed by atoms with Crippen LogP contribution in [0.5, 0.6) is 0 Å². The van der Waals surface area contributed by atoms with E-state index in [1.807, 2.05) is 0 Å². The number of carbonyl (C=O) groups is 2. The third-order valence-electron chi connectivity index (χ3n) is 14.3. The van der Waals surface area contributed by atoms with E-state index in [0.29, 0.717) is 6.42 Å². The molecule has 0 saturated carbocycles. The van der Waals surface area contributed by atoms with Crippen LogP contribution in [0.3, 0.4) is 0 Å². The van der Waals surface area contributed by atoms with Crippen molar-refractivity contribution in [3.8, 4) is 0 Å². The van der Waals surface area contributed by atoms with Crippen molar-refractivity contribution in [2.75, 3.05) is 26.4 Å². The summed E-state index contributed by atoms with van der Waals surface area (Å²) in [7, 11) is -4.39. The van der Waals surface area contributed by atoms with Crippen LogP contribution < -0.4 is 5.73 Å². The van der Waals surface area contributed by atoms with Crippen LogP contribution in [0.15, 0.2) is 24.3 Å². The molecule has 0 aliphatic carbocycles. The van der Waals surface area contributed by atoms with Gasteiger partial charge in [-0.05, 0) is 44.9 Å². The molecule has 0 aromatic heterocycles. The summed E-state index contributed by atoms with van der Waals surface area (Å²) in [5, 5.41) is 0. The highest BCUT2D eigenvalue weighted by atomic mass is 31.2. The molecule has 3 N–H and O–H groups in total. The molecule has 2 atom stereocenters. The quantitative estimate of drug-likeness (QED) is 0.0264. The predicted molar refractivity (Wildman–Crippen MR) is 312 cm³/mol. The second-order valence-electron chi connectivity index (χ2n) is 21.6. The second kappa shape index (κ2) is 59.7. The minimum atomic E-state index is -4.39. The highest BCUT2D eigenvalue weighted by molar-refractivity contribution is 7.47. The average molecular weight is 1050 g/mol. The van der Waals surface area contributed by atoms with Gasteiger partial charge in [0.25, 0.3) is 0 Å². The first-order chi connectivity index (χ1) is 35.8. The van der Waals surface area contributed by atoms with Crippen LogP contribution in [0, 0.1) is 0 Å². The van der Waals surface area contributed by atoms with E-state index in [2.05, 4.69) is 38.2 Å². The maximum atomic E-state index is 12.7. The first kappa shape index (κ1) is 71.5. The third kappa shape index (κ3) is 59.6. The zero-order valence-electron chi connectivity index (χ0n) is 48.4. The van der Waals surface area contributed by atoms with Gasteiger partial charge >= 0.3 is 19.8 Å². The van der Waals surface area contributed by atoms with Crippen molar-refractivity contribution < 1.29 is 37.6 Å². The number of esters is 2. The lowest BCUT2D eigenvalue weighted by atomic mass is 10.0. The maximum absolute atomic E-state index is 12.7. The van der Waals surface area contributed by atoms with Gasteiger partial charge in [-0.2, -0.15) is 0 Å². The van der Waals surface area contributed by atoms with E-state index in [0.717, 1.165) is 44.9 Å². The van der Waals surface area contributed by atoms with Crippen LogP contribution in [0.4, 0.5) is 0 Å². The monoisotopic (exact) mass is 1050 g/mol. The van der Waals surface area contributed by atoms with Gasteiger partial charge in [0.05, 0.1) is 13.2 Å². The second-order valence-corrected chi connectivity index (χ2v) is 23.1. The van der Waals surface area contributed by atoms with Crippen molar-refractivity contribution in [1.29, 1.82) is 0 Å². The van der Waals surface area contributed by atoms with Crippen LogP contribution in [-0.4, -0.2) is 49.3 Å². The van der Waals surface area contributed by atoms with Crippen molar-refractivity contribution >= 4 is 19.8 Å². The van der Waals surface area contributed by atoms with Gasteiger partial charge in [0.1, 0.15) is 6.61 Å². The van der Waals surface area contributed by atoms with E-state index in [4.69, 9.17) is 24.3 Å².